The van der Waals surface area contributed by atoms with Crippen LogP contribution in [0.15, 0.2) is 72.9 Å². The Balaban J connectivity index is 1.37. The molecule has 20 heteroatoms. The number of methoxy groups -OCH3 is 1. The first-order valence-corrected chi connectivity index (χ1v) is 19.3. The van der Waals surface area contributed by atoms with Crippen LogP contribution in [0.5, 0.6) is 23.0 Å². The molecule has 0 aliphatic rings. The summed E-state index contributed by atoms with van der Waals surface area (Å²) in [4.78, 5) is 66.1. The van der Waals surface area contributed by atoms with Crippen LogP contribution >= 0.6 is 19.3 Å². The number of aliphatic carboxylic acids is 1. The summed E-state index contributed by atoms with van der Waals surface area (Å²) in [5.74, 6) is -1.95. The van der Waals surface area contributed by atoms with E-state index in [0.29, 0.717) is 16.7 Å². The van der Waals surface area contributed by atoms with Crippen molar-refractivity contribution in [2.75, 3.05) is 25.6 Å². The monoisotopic (exact) mass is 829 g/mol. The highest BCUT2D eigenvalue weighted by Crippen LogP contribution is 2.39. The van der Waals surface area contributed by atoms with Crippen LogP contribution in [0.1, 0.15) is 44.5 Å². The molecule has 57 heavy (non-hydrogen) atoms. The van der Waals surface area contributed by atoms with Crippen LogP contribution < -0.4 is 35.0 Å². The molecular weight excluding hydrogens is 789 g/mol. The number of nitrogens with zero attached hydrogens (tertiary/aromatic N) is 1. The standard InChI is InChI=1S/C37H41ClN5O13P/c1-21(2)54-35(47)23(4)43-57(50,42-22(3)34(45)46)53-17-9-16-52-36(48)41-33(44)27-19-26-30(20-32(27)51-5)39-15-14-31(26)55-25-12-13-29(28(38)18-25)40-37(49)56-24-10-7-6-8-11-24/h6-8,10-15,18-23H,9,16-17H2,1-5H3,(H,40,49)(H,45,46)(H,41,44,48)(H2,42,43,50)/t22-,23-,57?/m0/s1. The molecule has 1 unspecified atom stereocenters. The second kappa shape index (κ2) is 20.4. The molecule has 304 valence electrons. The molecular formula is C37H41ClN5O13P. The number of carbonyl (C=O) groups is 5. The topological polar surface area (TPSA) is 239 Å². The summed E-state index contributed by atoms with van der Waals surface area (Å²) in [6, 6.07) is 15.0. The Bertz CT molecular complexity index is 2140. The predicted molar refractivity (Wildman–Crippen MR) is 207 cm³/mol. The smallest absolute Gasteiger partial charge is 0.417 e. The van der Waals surface area contributed by atoms with Gasteiger partial charge in [-0.1, -0.05) is 29.8 Å². The lowest BCUT2D eigenvalue weighted by Crippen LogP contribution is -2.42. The zero-order valence-electron chi connectivity index (χ0n) is 31.4. The van der Waals surface area contributed by atoms with Gasteiger partial charge in [0.05, 0.1) is 48.2 Å². The number of carboxylic acid groups (broad SMARTS) is 1. The Morgan fingerprint density at radius 3 is 2.25 bits per heavy atom. The van der Waals surface area contributed by atoms with Crippen molar-refractivity contribution in [2.24, 2.45) is 0 Å². The number of anilines is 1. The van der Waals surface area contributed by atoms with Crippen LogP contribution in [-0.4, -0.2) is 78.6 Å². The Morgan fingerprint density at radius 1 is 0.860 bits per heavy atom. The van der Waals surface area contributed by atoms with Crippen molar-refractivity contribution in [3.63, 3.8) is 0 Å². The van der Waals surface area contributed by atoms with Gasteiger partial charge in [0.25, 0.3) is 5.91 Å². The SMILES string of the molecule is COc1cc2nccc(Oc3ccc(NC(=O)Oc4ccccc4)c(Cl)c3)c2cc1C(=O)NC(=O)OCCCOP(=O)(N[C@@H](C)C(=O)O)N[C@@H](C)C(=O)OC(C)C. The number of hydrogen-bond donors (Lipinski definition) is 5. The lowest BCUT2D eigenvalue weighted by Gasteiger charge is -2.25. The average molecular weight is 830 g/mol. The number of imide groups is 1. The van der Waals surface area contributed by atoms with E-state index < -0.39 is 55.9 Å². The minimum absolute atomic E-state index is 0.0360. The first-order chi connectivity index (χ1) is 27.1. The van der Waals surface area contributed by atoms with Crippen LogP contribution in [0.2, 0.25) is 5.02 Å². The van der Waals surface area contributed by atoms with Crippen molar-refractivity contribution in [3.8, 4) is 23.0 Å². The second-order valence-electron chi connectivity index (χ2n) is 12.3. The normalized spacial score (nSPS) is 13.1. The Labute approximate surface area is 332 Å². The van der Waals surface area contributed by atoms with Crippen molar-refractivity contribution in [3.05, 3.63) is 83.5 Å². The van der Waals surface area contributed by atoms with Gasteiger partial charge in [-0.15, -0.1) is 0 Å². The van der Waals surface area contributed by atoms with Crippen LogP contribution in [0.25, 0.3) is 10.9 Å². The van der Waals surface area contributed by atoms with Crippen molar-refractivity contribution < 1.29 is 61.9 Å². The number of carbonyl (C=O) groups excluding carboxylic acids is 4. The summed E-state index contributed by atoms with van der Waals surface area (Å²) in [5, 5.41) is 19.3. The van der Waals surface area contributed by atoms with Gasteiger partial charge in [0, 0.05) is 30.1 Å². The molecule has 0 saturated carbocycles. The Kier molecular flexibility index (Phi) is 15.7. The molecule has 4 aromatic rings. The summed E-state index contributed by atoms with van der Waals surface area (Å²) in [6.07, 6.45) is -0.872. The number of aromatic nitrogens is 1. The summed E-state index contributed by atoms with van der Waals surface area (Å²) >= 11 is 6.42. The number of benzene rings is 3. The summed E-state index contributed by atoms with van der Waals surface area (Å²) in [7, 11) is -2.80. The maximum absolute atomic E-state index is 13.4. The molecule has 3 atom stereocenters. The molecule has 0 fully saturated rings. The van der Waals surface area contributed by atoms with Crippen LogP contribution in [0.4, 0.5) is 15.3 Å². The van der Waals surface area contributed by atoms with Crippen molar-refractivity contribution in [1.29, 1.82) is 0 Å². The third-order valence-corrected chi connectivity index (χ3v) is 9.75. The van der Waals surface area contributed by atoms with E-state index in [0.717, 1.165) is 0 Å². The largest absolute Gasteiger partial charge is 0.496 e. The number of halogens is 1. The van der Waals surface area contributed by atoms with E-state index in [4.69, 9.17) is 39.8 Å². The third kappa shape index (κ3) is 13.2. The maximum Gasteiger partial charge on any atom is 0.417 e. The zero-order valence-corrected chi connectivity index (χ0v) is 33.1. The third-order valence-electron chi connectivity index (χ3n) is 7.44. The van der Waals surface area contributed by atoms with E-state index >= 15 is 0 Å². The maximum atomic E-state index is 13.4. The van der Waals surface area contributed by atoms with Crippen LogP contribution in [0, 0.1) is 0 Å². The molecule has 0 aliphatic heterocycles. The Morgan fingerprint density at radius 2 is 1.58 bits per heavy atom. The van der Waals surface area contributed by atoms with Gasteiger partial charge in [0.15, 0.2) is 0 Å². The predicted octanol–water partition coefficient (Wildman–Crippen LogP) is 6.67. The molecule has 0 radical (unpaired) electrons. The number of fused-ring (bicyclic) bond motifs is 1. The zero-order chi connectivity index (χ0) is 41.7. The average Bonchev–Trinajstić information content (AvgIpc) is 3.15. The van der Waals surface area contributed by atoms with Crippen molar-refractivity contribution >= 4 is 65.9 Å². The van der Waals surface area contributed by atoms with Gasteiger partial charge in [-0.25, -0.2) is 19.8 Å². The number of rotatable bonds is 18. The number of carboxylic acids is 1. The van der Waals surface area contributed by atoms with Gasteiger partial charge in [-0.2, -0.15) is 0 Å². The lowest BCUT2D eigenvalue weighted by atomic mass is 10.1. The molecule has 0 spiro atoms. The van der Waals surface area contributed by atoms with Gasteiger partial charge in [-0.3, -0.25) is 34.6 Å². The summed E-state index contributed by atoms with van der Waals surface area (Å²) < 4.78 is 45.7. The summed E-state index contributed by atoms with van der Waals surface area (Å²) in [6.45, 7) is 5.25. The number of hydrogen-bond acceptors (Lipinski definition) is 13. The molecule has 3 amide bonds. The number of amides is 3. The molecule has 18 nitrogen and oxygen atoms in total. The molecule has 4 rings (SSSR count). The minimum atomic E-state index is -4.13. The number of alkyl carbamates (subject to hydrolysis) is 1. The van der Waals surface area contributed by atoms with E-state index in [1.807, 2.05) is 0 Å². The molecule has 0 bridgehead atoms. The number of pyridine rings is 1. The van der Waals surface area contributed by atoms with E-state index in [1.54, 1.807) is 56.3 Å². The fourth-order valence-electron chi connectivity index (χ4n) is 4.78. The molecule has 5 N–H and O–H groups in total. The van der Waals surface area contributed by atoms with Crippen molar-refractivity contribution in [2.45, 2.75) is 52.3 Å². The molecule has 3 aromatic carbocycles. The van der Waals surface area contributed by atoms with Gasteiger partial charge in [0.2, 0.25) is 0 Å². The lowest BCUT2D eigenvalue weighted by molar-refractivity contribution is -0.149. The van der Waals surface area contributed by atoms with Gasteiger partial charge < -0.3 is 33.3 Å². The van der Waals surface area contributed by atoms with E-state index in [9.17, 15) is 33.6 Å². The fraction of sp³-hybridized carbons (Fsp3) is 0.297. The van der Waals surface area contributed by atoms with Gasteiger partial charge >= 0.3 is 31.8 Å². The molecule has 0 aliphatic carbocycles. The highest BCUT2D eigenvalue weighted by molar-refractivity contribution is 7.54. The highest BCUT2D eigenvalue weighted by Gasteiger charge is 2.33. The van der Waals surface area contributed by atoms with E-state index in [-0.39, 0.29) is 53.2 Å². The quantitative estimate of drug-likeness (QED) is 0.0399. The van der Waals surface area contributed by atoms with Gasteiger partial charge in [-0.05, 0) is 64.1 Å². The molecule has 0 saturated heterocycles. The molecule has 1 heterocycles. The van der Waals surface area contributed by atoms with Crippen LogP contribution in [0.3, 0.4) is 0 Å². The highest BCUT2D eigenvalue weighted by atomic mass is 35.5. The van der Waals surface area contributed by atoms with Gasteiger partial charge in [0.1, 0.15) is 35.1 Å². The Hall–Kier alpha value is -5.78. The molecule has 1 aromatic heterocycles. The summed E-state index contributed by atoms with van der Waals surface area (Å²) in [5.41, 5.74) is 0.595. The number of esters is 1. The number of ether oxygens (including phenoxy) is 5. The van der Waals surface area contributed by atoms with E-state index in [1.165, 1.54) is 51.4 Å². The number of nitrogens with one attached hydrogen (secondary N) is 4. The van der Waals surface area contributed by atoms with Crippen molar-refractivity contribution in [1.82, 2.24) is 20.5 Å². The first-order valence-electron chi connectivity index (χ1n) is 17.3. The number of para-hydroxylation sites is 1. The minimum Gasteiger partial charge on any atom is -0.496 e. The first kappa shape index (κ1) is 43.9. The second-order valence-corrected chi connectivity index (χ2v) is 14.6. The van der Waals surface area contributed by atoms with E-state index in [2.05, 4.69) is 25.8 Å². The van der Waals surface area contributed by atoms with Crippen LogP contribution in [-0.2, 0) is 28.2 Å². The fourth-order valence-corrected chi connectivity index (χ4v) is 6.84.